The van der Waals surface area contributed by atoms with Gasteiger partial charge in [0, 0.05) is 25.3 Å². The zero-order valence-electron chi connectivity index (χ0n) is 11.1. The number of nitrogen functional groups attached to an aromatic ring is 1. The molecule has 0 aromatic carbocycles. The molecule has 0 amide bonds. The Kier molecular flexibility index (Phi) is 3.55. The smallest absolute Gasteiger partial charge is 0.145 e. The zero-order valence-corrected chi connectivity index (χ0v) is 11.1. The molecule has 0 bridgehead atoms. The molecular formula is C14H24N4. The maximum Gasteiger partial charge on any atom is 0.145 e. The molecule has 2 aliphatic rings. The maximum absolute atomic E-state index is 5.62. The molecule has 0 radical (unpaired) electrons. The normalized spacial score (nSPS) is 28.4. The van der Waals surface area contributed by atoms with E-state index in [9.17, 15) is 0 Å². The molecule has 100 valence electrons. The van der Waals surface area contributed by atoms with Gasteiger partial charge in [-0.2, -0.15) is 5.10 Å². The number of fused-ring (bicyclic) bond motifs is 1. The second-order valence-corrected chi connectivity index (χ2v) is 5.79. The van der Waals surface area contributed by atoms with Crippen LogP contribution >= 0.6 is 0 Å². The van der Waals surface area contributed by atoms with Crippen molar-refractivity contribution < 1.29 is 0 Å². The van der Waals surface area contributed by atoms with Crippen LogP contribution in [0.3, 0.4) is 0 Å². The van der Waals surface area contributed by atoms with Gasteiger partial charge in [-0.1, -0.05) is 6.42 Å². The van der Waals surface area contributed by atoms with E-state index in [0.717, 1.165) is 18.5 Å². The first kappa shape index (κ1) is 12.0. The zero-order chi connectivity index (χ0) is 12.4. The van der Waals surface area contributed by atoms with Crippen LogP contribution in [0.4, 0.5) is 5.82 Å². The molecule has 18 heavy (non-hydrogen) atoms. The molecule has 1 saturated carbocycles. The van der Waals surface area contributed by atoms with E-state index in [4.69, 9.17) is 5.73 Å². The van der Waals surface area contributed by atoms with E-state index in [0.29, 0.717) is 5.82 Å². The van der Waals surface area contributed by atoms with Crippen molar-refractivity contribution in [3.8, 4) is 0 Å². The number of aromatic nitrogens is 2. The minimum Gasteiger partial charge on any atom is -0.382 e. The number of nitrogens with zero attached hydrogens (tertiary/aromatic N) is 3. The lowest BCUT2D eigenvalue weighted by atomic mass is 9.92. The fraction of sp³-hybridized carbons (Fsp3) is 0.786. The molecule has 2 N–H and O–H groups in total. The Morgan fingerprint density at radius 1 is 1.22 bits per heavy atom. The van der Waals surface area contributed by atoms with Crippen LogP contribution in [-0.2, 0) is 6.54 Å². The van der Waals surface area contributed by atoms with Crippen LogP contribution < -0.4 is 5.73 Å². The Morgan fingerprint density at radius 2 is 2.11 bits per heavy atom. The predicted molar refractivity (Wildman–Crippen MR) is 73.2 cm³/mol. The quantitative estimate of drug-likeness (QED) is 0.888. The van der Waals surface area contributed by atoms with Crippen molar-refractivity contribution in [2.45, 2.75) is 51.1 Å². The summed E-state index contributed by atoms with van der Waals surface area (Å²) in [7, 11) is 0. The molecular weight excluding hydrogens is 224 g/mol. The summed E-state index contributed by atoms with van der Waals surface area (Å²) < 4.78 is 1.96. The number of aryl methyl sites for hydroxylation is 1. The van der Waals surface area contributed by atoms with E-state index in [1.165, 1.54) is 51.6 Å². The largest absolute Gasteiger partial charge is 0.382 e. The standard InChI is InChI=1S/C14H24N4/c15-14-7-11-18(16-14)10-3-9-17-8-2-5-12-4-1-6-13(12)17/h7,11-13H,1-6,8-10H2,(H2,15,16). The summed E-state index contributed by atoms with van der Waals surface area (Å²) in [4.78, 5) is 2.73. The molecule has 3 rings (SSSR count). The van der Waals surface area contributed by atoms with E-state index >= 15 is 0 Å². The minimum atomic E-state index is 0.629. The lowest BCUT2D eigenvalue weighted by Gasteiger charge is -2.37. The molecule has 1 aliphatic heterocycles. The van der Waals surface area contributed by atoms with Crippen LogP contribution in [0.15, 0.2) is 12.3 Å². The van der Waals surface area contributed by atoms with Crippen molar-refractivity contribution in [3.05, 3.63) is 12.3 Å². The van der Waals surface area contributed by atoms with Crippen molar-refractivity contribution in [1.82, 2.24) is 14.7 Å². The fourth-order valence-electron chi connectivity index (χ4n) is 3.77. The third-order valence-electron chi connectivity index (χ3n) is 4.60. The molecule has 4 nitrogen and oxygen atoms in total. The summed E-state index contributed by atoms with van der Waals surface area (Å²) in [5.74, 6) is 1.63. The average molecular weight is 248 g/mol. The van der Waals surface area contributed by atoms with E-state index in [1.54, 1.807) is 0 Å². The first-order chi connectivity index (χ1) is 8.83. The number of rotatable bonds is 4. The van der Waals surface area contributed by atoms with Gasteiger partial charge in [0.15, 0.2) is 0 Å². The number of hydrogen-bond acceptors (Lipinski definition) is 3. The molecule has 1 aromatic rings. The van der Waals surface area contributed by atoms with Gasteiger partial charge < -0.3 is 10.6 Å². The Morgan fingerprint density at radius 3 is 2.94 bits per heavy atom. The molecule has 4 heteroatoms. The van der Waals surface area contributed by atoms with E-state index in [1.807, 2.05) is 16.9 Å². The summed E-state index contributed by atoms with van der Waals surface area (Å²) in [6.45, 7) is 3.52. The summed E-state index contributed by atoms with van der Waals surface area (Å²) in [6.07, 6.45) is 10.4. The number of likely N-dealkylation sites (tertiary alicyclic amines) is 1. The highest BCUT2D eigenvalue weighted by Gasteiger charge is 2.34. The lowest BCUT2D eigenvalue weighted by molar-refractivity contribution is 0.110. The van der Waals surface area contributed by atoms with Crippen LogP contribution in [0.5, 0.6) is 0 Å². The monoisotopic (exact) mass is 248 g/mol. The SMILES string of the molecule is Nc1ccn(CCCN2CCCC3CCCC32)n1. The van der Waals surface area contributed by atoms with Crippen LogP contribution in [0.1, 0.15) is 38.5 Å². The van der Waals surface area contributed by atoms with E-state index in [2.05, 4.69) is 10.00 Å². The van der Waals surface area contributed by atoms with Crippen molar-refractivity contribution >= 4 is 5.82 Å². The highest BCUT2D eigenvalue weighted by molar-refractivity contribution is 5.23. The summed E-state index contributed by atoms with van der Waals surface area (Å²) in [5, 5.41) is 4.24. The Hall–Kier alpha value is -1.03. The number of nitrogens with two attached hydrogens (primary N) is 1. The van der Waals surface area contributed by atoms with Gasteiger partial charge in [-0.3, -0.25) is 4.68 Å². The van der Waals surface area contributed by atoms with E-state index in [-0.39, 0.29) is 0 Å². The highest BCUT2D eigenvalue weighted by atomic mass is 15.3. The molecule has 1 aromatic heterocycles. The Balaban J connectivity index is 1.47. The minimum absolute atomic E-state index is 0.629. The lowest BCUT2D eigenvalue weighted by Crippen LogP contribution is -2.43. The predicted octanol–water partition coefficient (Wildman–Crippen LogP) is 2.12. The molecule has 2 atom stereocenters. The second kappa shape index (κ2) is 5.31. The summed E-state index contributed by atoms with van der Waals surface area (Å²) in [6, 6.07) is 2.76. The number of piperidine rings is 1. The van der Waals surface area contributed by atoms with Crippen LogP contribution in [-0.4, -0.2) is 33.8 Å². The fourth-order valence-corrected chi connectivity index (χ4v) is 3.77. The Labute approximate surface area is 109 Å². The third-order valence-corrected chi connectivity index (χ3v) is 4.60. The van der Waals surface area contributed by atoms with Gasteiger partial charge in [0.05, 0.1) is 0 Å². The Bertz CT molecular complexity index is 387. The summed E-state index contributed by atoms with van der Waals surface area (Å²) in [5.41, 5.74) is 5.62. The highest BCUT2D eigenvalue weighted by Crippen LogP contribution is 2.36. The van der Waals surface area contributed by atoms with Crippen LogP contribution in [0.25, 0.3) is 0 Å². The van der Waals surface area contributed by atoms with Gasteiger partial charge in [-0.05, 0) is 50.6 Å². The number of anilines is 1. The van der Waals surface area contributed by atoms with E-state index < -0.39 is 0 Å². The van der Waals surface area contributed by atoms with Crippen molar-refractivity contribution in [3.63, 3.8) is 0 Å². The number of hydrogen-bond donors (Lipinski definition) is 1. The van der Waals surface area contributed by atoms with Gasteiger partial charge >= 0.3 is 0 Å². The second-order valence-electron chi connectivity index (χ2n) is 5.79. The van der Waals surface area contributed by atoms with Gasteiger partial charge in [0.25, 0.3) is 0 Å². The van der Waals surface area contributed by atoms with Crippen molar-refractivity contribution in [2.24, 2.45) is 5.92 Å². The summed E-state index contributed by atoms with van der Waals surface area (Å²) >= 11 is 0. The third kappa shape index (κ3) is 2.53. The van der Waals surface area contributed by atoms with Crippen LogP contribution in [0, 0.1) is 5.92 Å². The van der Waals surface area contributed by atoms with Gasteiger partial charge in [0.1, 0.15) is 5.82 Å². The first-order valence-electron chi connectivity index (χ1n) is 7.36. The first-order valence-corrected chi connectivity index (χ1v) is 7.36. The average Bonchev–Trinajstić information content (AvgIpc) is 2.98. The van der Waals surface area contributed by atoms with Crippen molar-refractivity contribution in [1.29, 1.82) is 0 Å². The van der Waals surface area contributed by atoms with Gasteiger partial charge in [-0.15, -0.1) is 0 Å². The molecule has 0 spiro atoms. The van der Waals surface area contributed by atoms with Gasteiger partial charge in [0.2, 0.25) is 0 Å². The molecule has 1 aliphatic carbocycles. The van der Waals surface area contributed by atoms with Crippen molar-refractivity contribution in [2.75, 3.05) is 18.8 Å². The van der Waals surface area contributed by atoms with Gasteiger partial charge in [-0.25, -0.2) is 0 Å². The topological polar surface area (TPSA) is 47.1 Å². The molecule has 2 heterocycles. The molecule has 1 saturated heterocycles. The molecule has 2 unspecified atom stereocenters. The van der Waals surface area contributed by atoms with Crippen LogP contribution in [0.2, 0.25) is 0 Å². The maximum atomic E-state index is 5.62. The molecule has 2 fully saturated rings.